The van der Waals surface area contributed by atoms with Crippen molar-refractivity contribution in [3.63, 3.8) is 0 Å². The lowest BCUT2D eigenvalue weighted by atomic mass is 10.2. The summed E-state index contributed by atoms with van der Waals surface area (Å²) in [5.74, 6) is 0. The number of nitrogens with zero attached hydrogens (tertiary/aromatic N) is 2. The van der Waals surface area contributed by atoms with E-state index in [4.69, 9.17) is 11.6 Å². The maximum atomic E-state index is 11.8. The van der Waals surface area contributed by atoms with E-state index in [1.54, 1.807) is 10.8 Å². The zero-order valence-electron chi connectivity index (χ0n) is 8.23. The Morgan fingerprint density at radius 2 is 2.12 bits per heavy atom. The zero-order valence-corrected chi connectivity index (χ0v) is 11.1. The van der Waals surface area contributed by atoms with Crippen molar-refractivity contribution in [1.29, 1.82) is 0 Å². The first kappa shape index (κ1) is 11.6. The van der Waals surface area contributed by atoms with Crippen LogP contribution in [-0.2, 0) is 6.54 Å². The Morgan fingerprint density at radius 3 is 2.88 bits per heavy atom. The van der Waals surface area contributed by atoms with Crippen molar-refractivity contribution in [2.24, 2.45) is 0 Å². The second-order valence-electron chi connectivity index (χ2n) is 3.27. The van der Waals surface area contributed by atoms with Crippen LogP contribution in [0.15, 0.2) is 41.6 Å². The van der Waals surface area contributed by atoms with Crippen LogP contribution < -0.4 is 5.56 Å². The number of hydrogen-bond donors (Lipinski definition) is 0. The van der Waals surface area contributed by atoms with Gasteiger partial charge in [-0.25, -0.2) is 4.98 Å². The monoisotopic (exact) mass is 346 g/mol. The van der Waals surface area contributed by atoms with Gasteiger partial charge in [0.2, 0.25) is 0 Å². The molecule has 3 nitrogen and oxygen atoms in total. The molecule has 0 unspecified atom stereocenters. The number of benzene rings is 1. The third-order valence-electron chi connectivity index (χ3n) is 2.16. The van der Waals surface area contributed by atoms with Gasteiger partial charge in [-0.05, 0) is 34.2 Å². The predicted octanol–water partition coefficient (Wildman–Crippen LogP) is 2.55. The highest BCUT2D eigenvalue weighted by Crippen LogP contribution is 2.15. The first-order valence-corrected chi connectivity index (χ1v) is 6.07. The molecular weight excluding hydrogens is 338 g/mol. The van der Waals surface area contributed by atoms with E-state index in [0.29, 0.717) is 15.1 Å². The molecule has 82 valence electrons. The van der Waals surface area contributed by atoms with Crippen molar-refractivity contribution in [2.45, 2.75) is 6.54 Å². The number of hydrogen-bond acceptors (Lipinski definition) is 2. The average Bonchev–Trinajstić information content (AvgIpc) is 2.28. The van der Waals surface area contributed by atoms with Crippen LogP contribution in [0.3, 0.4) is 0 Å². The highest BCUT2D eigenvalue weighted by Gasteiger charge is 2.04. The van der Waals surface area contributed by atoms with E-state index in [1.807, 2.05) is 46.9 Å². The normalized spacial score (nSPS) is 10.4. The Balaban J connectivity index is 2.39. The summed E-state index contributed by atoms with van der Waals surface area (Å²) in [6.07, 6.45) is 3.07. The molecule has 2 aromatic rings. The third-order valence-corrected chi connectivity index (χ3v) is 3.27. The average molecular weight is 347 g/mol. The maximum absolute atomic E-state index is 11.8. The van der Waals surface area contributed by atoms with Crippen LogP contribution in [0.25, 0.3) is 0 Å². The quantitative estimate of drug-likeness (QED) is 0.783. The minimum absolute atomic E-state index is 0.0458. The standard InChI is InChI=1S/C11H8ClIN2O/c12-9-4-2-1-3-8(9)6-15-7-14-5-10(13)11(15)16/h1-5,7H,6H2. The van der Waals surface area contributed by atoms with Crippen LogP contribution >= 0.6 is 34.2 Å². The molecule has 1 aromatic carbocycles. The van der Waals surface area contributed by atoms with Crippen molar-refractivity contribution in [3.05, 3.63) is 61.3 Å². The second kappa shape index (κ2) is 4.97. The number of rotatable bonds is 2. The molecule has 0 aliphatic heterocycles. The molecular formula is C11H8ClIN2O. The van der Waals surface area contributed by atoms with Crippen LogP contribution in [0.2, 0.25) is 5.02 Å². The Bertz CT molecular complexity index is 568. The zero-order chi connectivity index (χ0) is 11.5. The summed E-state index contributed by atoms with van der Waals surface area (Å²) >= 11 is 8.00. The lowest BCUT2D eigenvalue weighted by Crippen LogP contribution is -2.23. The first-order chi connectivity index (χ1) is 7.68. The van der Waals surface area contributed by atoms with Crippen molar-refractivity contribution in [3.8, 4) is 0 Å². The van der Waals surface area contributed by atoms with Crippen molar-refractivity contribution in [1.82, 2.24) is 9.55 Å². The molecule has 5 heteroatoms. The second-order valence-corrected chi connectivity index (χ2v) is 4.84. The lowest BCUT2D eigenvalue weighted by molar-refractivity contribution is 0.730. The SMILES string of the molecule is O=c1c(I)cncn1Cc1ccccc1Cl. The molecule has 0 fully saturated rings. The molecule has 0 amide bonds. The highest BCUT2D eigenvalue weighted by atomic mass is 127. The van der Waals surface area contributed by atoms with Gasteiger partial charge in [0.05, 0.1) is 16.4 Å². The highest BCUT2D eigenvalue weighted by molar-refractivity contribution is 14.1. The van der Waals surface area contributed by atoms with Gasteiger partial charge in [0.1, 0.15) is 0 Å². The van der Waals surface area contributed by atoms with E-state index >= 15 is 0 Å². The van der Waals surface area contributed by atoms with E-state index in [2.05, 4.69) is 4.98 Å². The molecule has 0 aliphatic rings. The van der Waals surface area contributed by atoms with E-state index in [0.717, 1.165) is 5.56 Å². The van der Waals surface area contributed by atoms with Gasteiger partial charge in [-0.3, -0.25) is 9.36 Å². The Morgan fingerprint density at radius 1 is 1.38 bits per heavy atom. The topological polar surface area (TPSA) is 34.9 Å². The fourth-order valence-electron chi connectivity index (χ4n) is 1.35. The number of aromatic nitrogens is 2. The van der Waals surface area contributed by atoms with Crippen LogP contribution in [0, 0.1) is 3.57 Å². The maximum Gasteiger partial charge on any atom is 0.267 e. The minimum atomic E-state index is -0.0458. The molecule has 0 spiro atoms. The Kier molecular flexibility index (Phi) is 3.60. The molecule has 1 aromatic heterocycles. The van der Waals surface area contributed by atoms with Gasteiger partial charge in [-0.2, -0.15) is 0 Å². The van der Waals surface area contributed by atoms with Gasteiger partial charge in [0.15, 0.2) is 0 Å². The fourth-order valence-corrected chi connectivity index (χ4v) is 2.01. The molecule has 0 aliphatic carbocycles. The molecule has 0 saturated heterocycles. The molecule has 0 saturated carbocycles. The van der Waals surface area contributed by atoms with Gasteiger partial charge in [-0.15, -0.1) is 0 Å². The Labute approximate surface area is 111 Å². The number of halogens is 2. The van der Waals surface area contributed by atoms with Gasteiger partial charge in [0, 0.05) is 11.2 Å². The van der Waals surface area contributed by atoms with Crippen molar-refractivity contribution in [2.75, 3.05) is 0 Å². The minimum Gasteiger partial charge on any atom is -0.294 e. The summed E-state index contributed by atoms with van der Waals surface area (Å²) in [6.45, 7) is 0.447. The molecule has 0 radical (unpaired) electrons. The van der Waals surface area contributed by atoms with Crippen molar-refractivity contribution < 1.29 is 0 Å². The largest absolute Gasteiger partial charge is 0.294 e. The van der Waals surface area contributed by atoms with Crippen LogP contribution in [-0.4, -0.2) is 9.55 Å². The lowest BCUT2D eigenvalue weighted by Gasteiger charge is -2.06. The fraction of sp³-hybridized carbons (Fsp3) is 0.0909. The molecule has 16 heavy (non-hydrogen) atoms. The smallest absolute Gasteiger partial charge is 0.267 e. The summed E-state index contributed by atoms with van der Waals surface area (Å²) < 4.78 is 2.15. The Hall–Kier alpha value is -0.880. The predicted molar refractivity (Wildman–Crippen MR) is 71.8 cm³/mol. The summed E-state index contributed by atoms with van der Waals surface area (Å²) in [4.78, 5) is 15.7. The summed E-state index contributed by atoms with van der Waals surface area (Å²) in [5.41, 5.74) is 0.866. The molecule has 0 N–H and O–H groups in total. The van der Waals surface area contributed by atoms with E-state index < -0.39 is 0 Å². The van der Waals surface area contributed by atoms with Crippen molar-refractivity contribution >= 4 is 34.2 Å². The van der Waals surface area contributed by atoms with E-state index in [9.17, 15) is 4.79 Å². The van der Waals surface area contributed by atoms with Gasteiger partial charge in [0.25, 0.3) is 5.56 Å². The third kappa shape index (κ3) is 2.44. The van der Waals surface area contributed by atoms with E-state index in [-0.39, 0.29) is 5.56 Å². The van der Waals surface area contributed by atoms with Gasteiger partial charge >= 0.3 is 0 Å². The van der Waals surface area contributed by atoms with Gasteiger partial charge in [-0.1, -0.05) is 29.8 Å². The van der Waals surface area contributed by atoms with Gasteiger partial charge < -0.3 is 0 Å². The molecule has 0 atom stereocenters. The summed E-state index contributed by atoms with van der Waals surface area (Å²) in [5, 5.41) is 0.660. The van der Waals surface area contributed by atoms with Crippen LogP contribution in [0.5, 0.6) is 0 Å². The summed E-state index contributed by atoms with van der Waals surface area (Å²) in [7, 11) is 0. The van der Waals surface area contributed by atoms with E-state index in [1.165, 1.54) is 6.33 Å². The molecule has 1 heterocycles. The molecule has 0 bridgehead atoms. The first-order valence-electron chi connectivity index (χ1n) is 4.62. The van der Waals surface area contributed by atoms with Crippen LogP contribution in [0.4, 0.5) is 0 Å². The summed E-state index contributed by atoms with van der Waals surface area (Å²) in [6, 6.07) is 7.47. The van der Waals surface area contributed by atoms with Crippen LogP contribution in [0.1, 0.15) is 5.56 Å². The molecule has 2 rings (SSSR count).